The van der Waals surface area contributed by atoms with Gasteiger partial charge in [0.1, 0.15) is 0 Å². The Morgan fingerprint density at radius 2 is 2.18 bits per heavy atom. The standard InChI is InChI=1S/C18H21N3O/c1-4-9-20-16-11-15(12-19-13-16)18(22)21(5-2)17-8-6-7-14(3)10-17/h4,6-8,10-13,20H,1,5,9H2,2-3H3. The van der Waals surface area contributed by atoms with Crippen molar-refractivity contribution in [2.75, 3.05) is 23.3 Å². The average Bonchev–Trinajstić information content (AvgIpc) is 2.54. The summed E-state index contributed by atoms with van der Waals surface area (Å²) in [4.78, 5) is 18.6. The Balaban J connectivity index is 2.26. The second-order valence-electron chi connectivity index (χ2n) is 5.02. The molecule has 0 bridgehead atoms. The maximum atomic E-state index is 12.8. The summed E-state index contributed by atoms with van der Waals surface area (Å²) >= 11 is 0. The van der Waals surface area contributed by atoms with Gasteiger partial charge in [-0.15, -0.1) is 6.58 Å². The summed E-state index contributed by atoms with van der Waals surface area (Å²) in [6, 6.07) is 9.75. The summed E-state index contributed by atoms with van der Waals surface area (Å²) in [7, 11) is 0. The summed E-state index contributed by atoms with van der Waals surface area (Å²) < 4.78 is 0. The van der Waals surface area contributed by atoms with E-state index >= 15 is 0 Å². The maximum Gasteiger partial charge on any atom is 0.259 e. The van der Waals surface area contributed by atoms with E-state index in [-0.39, 0.29) is 5.91 Å². The zero-order valence-electron chi connectivity index (χ0n) is 13.0. The van der Waals surface area contributed by atoms with Crippen LogP contribution in [0.5, 0.6) is 0 Å². The van der Waals surface area contributed by atoms with E-state index in [4.69, 9.17) is 0 Å². The molecule has 0 unspecified atom stereocenters. The van der Waals surface area contributed by atoms with E-state index in [9.17, 15) is 4.79 Å². The third kappa shape index (κ3) is 3.73. The van der Waals surface area contributed by atoms with Crippen molar-refractivity contribution in [3.63, 3.8) is 0 Å². The van der Waals surface area contributed by atoms with Crippen LogP contribution in [-0.2, 0) is 0 Å². The first-order valence-electron chi connectivity index (χ1n) is 7.34. The summed E-state index contributed by atoms with van der Waals surface area (Å²) in [5.74, 6) is -0.0529. The predicted molar refractivity (Wildman–Crippen MR) is 91.5 cm³/mol. The van der Waals surface area contributed by atoms with Crippen LogP contribution in [0.25, 0.3) is 0 Å². The minimum atomic E-state index is -0.0529. The Bertz CT molecular complexity index is 667. The number of aryl methyl sites for hydroxylation is 1. The van der Waals surface area contributed by atoms with Gasteiger partial charge in [-0.05, 0) is 37.6 Å². The van der Waals surface area contributed by atoms with Crippen LogP contribution in [0.15, 0.2) is 55.4 Å². The number of carbonyl (C=O) groups excluding carboxylic acids is 1. The van der Waals surface area contributed by atoms with Crippen molar-refractivity contribution in [1.29, 1.82) is 0 Å². The van der Waals surface area contributed by atoms with Gasteiger partial charge in [-0.1, -0.05) is 18.2 Å². The van der Waals surface area contributed by atoms with Crippen LogP contribution in [0.2, 0.25) is 0 Å². The molecular weight excluding hydrogens is 274 g/mol. The molecule has 2 aromatic rings. The second-order valence-corrected chi connectivity index (χ2v) is 5.02. The highest BCUT2D eigenvalue weighted by molar-refractivity contribution is 6.06. The van der Waals surface area contributed by atoms with E-state index in [1.807, 2.05) is 44.2 Å². The smallest absolute Gasteiger partial charge is 0.259 e. The van der Waals surface area contributed by atoms with E-state index in [1.165, 1.54) is 0 Å². The molecule has 1 aromatic carbocycles. The van der Waals surface area contributed by atoms with Gasteiger partial charge in [0.05, 0.1) is 11.3 Å². The van der Waals surface area contributed by atoms with Crippen molar-refractivity contribution >= 4 is 17.3 Å². The lowest BCUT2D eigenvalue weighted by Crippen LogP contribution is -2.30. The van der Waals surface area contributed by atoms with Gasteiger partial charge in [0.2, 0.25) is 0 Å². The molecule has 1 N–H and O–H groups in total. The number of carbonyl (C=O) groups is 1. The molecule has 0 aliphatic carbocycles. The predicted octanol–water partition coefficient (Wildman–Crippen LogP) is 3.65. The summed E-state index contributed by atoms with van der Waals surface area (Å²) in [5, 5.41) is 3.14. The van der Waals surface area contributed by atoms with Gasteiger partial charge in [-0.3, -0.25) is 9.78 Å². The van der Waals surface area contributed by atoms with Crippen molar-refractivity contribution in [3.8, 4) is 0 Å². The highest BCUT2D eigenvalue weighted by atomic mass is 16.2. The molecule has 1 aromatic heterocycles. The molecule has 0 saturated heterocycles. The molecule has 0 fully saturated rings. The Morgan fingerprint density at radius 1 is 1.36 bits per heavy atom. The molecule has 0 saturated carbocycles. The maximum absolute atomic E-state index is 12.8. The van der Waals surface area contributed by atoms with Gasteiger partial charge >= 0.3 is 0 Å². The number of hydrogen-bond donors (Lipinski definition) is 1. The SMILES string of the molecule is C=CCNc1cncc(C(=O)N(CC)c2cccc(C)c2)c1. The van der Waals surface area contributed by atoms with Crippen LogP contribution < -0.4 is 10.2 Å². The zero-order valence-corrected chi connectivity index (χ0v) is 13.0. The molecular formula is C18H21N3O. The van der Waals surface area contributed by atoms with Crippen LogP contribution in [0, 0.1) is 6.92 Å². The number of anilines is 2. The molecule has 1 amide bonds. The van der Waals surface area contributed by atoms with E-state index in [1.54, 1.807) is 23.4 Å². The molecule has 2 rings (SSSR count). The lowest BCUT2D eigenvalue weighted by molar-refractivity contribution is 0.0988. The number of aromatic nitrogens is 1. The monoisotopic (exact) mass is 295 g/mol. The van der Waals surface area contributed by atoms with E-state index in [0.717, 1.165) is 16.9 Å². The van der Waals surface area contributed by atoms with Gasteiger partial charge < -0.3 is 10.2 Å². The quantitative estimate of drug-likeness (QED) is 0.827. The third-order valence-electron chi connectivity index (χ3n) is 3.31. The van der Waals surface area contributed by atoms with E-state index < -0.39 is 0 Å². The van der Waals surface area contributed by atoms with Gasteiger partial charge in [-0.2, -0.15) is 0 Å². The van der Waals surface area contributed by atoms with Gasteiger partial charge in [-0.25, -0.2) is 0 Å². The van der Waals surface area contributed by atoms with Gasteiger partial charge in [0.15, 0.2) is 0 Å². The molecule has 0 atom stereocenters. The topological polar surface area (TPSA) is 45.2 Å². The summed E-state index contributed by atoms with van der Waals surface area (Å²) in [6.45, 7) is 8.88. The largest absolute Gasteiger partial charge is 0.380 e. The lowest BCUT2D eigenvalue weighted by atomic mass is 10.1. The Labute approximate surface area is 131 Å². The number of rotatable bonds is 6. The number of nitrogens with zero attached hydrogens (tertiary/aromatic N) is 2. The van der Waals surface area contributed by atoms with Crippen LogP contribution in [0.4, 0.5) is 11.4 Å². The van der Waals surface area contributed by atoms with E-state index in [0.29, 0.717) is 18.7 Å². The summed E-state index contributed by atoms with van der Waals surface area (Å²) in [5.41, 5.74) is 3.41. The molecule has 114 valence electrons. The van der Waals surface area contributed by atoms with Crippen LogP contribution in [-0.4, -0.2) is 24.0 Å². The third-order valence-corrected chi connectivity index (χ3v) is 3.31. The Morgan fingerprint density at radius 3 is 2.86 bits per heavy atom. The van der Waals surface area contributed by atoms with Gasteiger partial charge in [0, 0.05) is 31.2 Å². The van der Waals surface area contributed by atoms with Gasteiger partial charge in [0.25, 0.3) is 5.91 Å². The van der Waals surface area contributed by atoms with Crippen molar-refractivity contribution < 1.29 is 4.79 Å². The number of benzene rings is 1. The fraction of sp³-hybridized carbons (Fsp3) is 0.222. The molecule has 0 radical (unpaired) electrons. The van der Waals surface area contributed by atoms with Crippen LogP contribution >= 0.6 is 0 Å². The molecule has 0 aliphatic rings. The van der Waals surface area contributed by atoms with Crippen LogP contribution in [0.3, 0.4) is 0 Å². The first kappa shape index (κ1) is 15.8. The Kier molecular flexibility index (Phi) is 5.31. The minimum absolute atomic E-state index is 0.0529. The van der Waals surface area contributed by atoms with E-state index in [2.05, 4.69) is 16.9 Å². The first-order chi connectivity index (χ1) is 10.7. The van der Waals surface area contributed by atoms with Crippen molar-refractivity contribution in [3.05, 3.63) is 66.5 Å². The summed E-state index contributed by atoms with van der Waals surface area (Å²) in [6.07, 6.45) is 5.06. The number of pyridine rings is 1. The zero-order chi connectivity index (χ0) is 15.9. The first-order valence-corrected chi connectivity index (χ1v) is 7.34. The van der Waals surface area contributed by atoms with Crippen molar-refractivity contribution in [2.24, 2.45) is 0 Å². The van der Waals surface area contributed by atoms with Crippen molar-refractivity contribution in [2.45, 2.75) is 13.8 Å². The molecule has 0 spiro atoms. The molecule has 0 aliphatic heterocycles. The molecule has 4 heteroatoms. The number of hydrogen-bond acceptors (Lipinski definition) is 3. The highest BCUT2D eigenvalue weighted by Gasteiger charge is 2.16. The fourth-order valence-electron chi connectivity index (χ4n) is 2.24. The van der Waals surface area contributed by atoms with Crippen molar-refractivity contribution in [1.82, 2.24) is 4.98 Å². The fourth-order valence-corrected chi connectivity index (χ4v) is 2.24. The normalized spacial score (nSPS) is 10.1. The number of nitrogens with one attached hydrogen (secondary N) is 1. The minimum Gasteiger partial charge on any atom is -0.380 e. The number of amides is 1. The molecule has 4 nitrogen and oxygen atoms in total. The average molecular weight is 295 g/mol. The highest BCUT2D eigenvalue weighted by Crippen LogP contribution is 2.19. The molecule has 22 heavy (non-hydrogen) atoms. The van der Waals surface area contributed by atoms with Crippen LogP contribution in [0.1, 0.15) is 22.8 Å². The second kappa shape index (κ2) is 7.41. The lowest BCUT2D eigenvalue weighted by Gasteiger charge is -2.21. The molecule has 1 heterocycles. The Hall–Kier alpha value is -2.62.